The maximum atomic E-state index is 9.03. The van der Waals surface area contributed by atoms with Gasteiger partial charge in [-0.1, -0.05) is 0 Å². The van der Waals surface area contributed by atoms with Gasteiger partial charge >= 0.3 is 0 Å². The first-order chi connectivity index (χ1) is 6.59. The summed E-state index contributed by atoms with van der Waals surface area (Å²) in [7, 11) is 0. The van der Waals surface area contributed by atoms with E-state index in [9.17, 15) is 0 Å². The van der Waals surface area contributed by atoms with Crippen LogP contribution in [-0.2, 0) is 0 Å². The number of thiophene rings is 1. The van der Waals surface area contributed by atoms with Crippen LogP contribution >= 0.6 is 11.3 Å². The lowest BCUT2D eigenvalue weighted by molar-refractivity contribution is -0.0389. The molecule has 14 heavy (non-hydrogen) atoms. The first-order valence-corrected chi connectivity index (χ1v) is 4.93. The van der Waals surface area contributed by atoms with Crippen LogP contribution in [-0.4, -0.2) is 15.2 Å². The van der Waals surface area contributed by atoms with Crippen LogP contribution in [0.25, 0.3) is 10.2 Å². The molecule has 0 aromatic carbocycles. The number of nitrogens with two attached hydrogens (primary N) is 1. The summed E-state index contributed by atoms with van der Waals surface area (Å²) in [5.74, 6) is 0. The van der Waals surface area contributed by atoms with Crippen molar-refractivity contribution in [1.29, 1.82) is 0 Å². The monoisotopic (exact) mass is 210 g/mol. The fourth-order valence-corrected chi connectivity index (χ4v) is 2.31. The Bertz CT molecular complexity index is 479. The first kappa shape index (κ1) is 9.39. The number of nitrogens with zero attached hydrogens (tertiary/aromatic N) is 1. The molecular weight excluding hydrogens is 200 g/mol. The number of rotatable bonds is 1. The fraction of sp³-hybridized carbons (Fsp3) is 0.222. The Morgan fingerprint density at radius 2 is 2.14 bits per heavy atom. The second-order valence-corrected chi connectivity index (χ2v) is 4.09. The number of hydrogen-bond donors (Lipinski definition) is 3. The lowest BCUT2D eigenvalue weighted by Crippen LogP contribution is -1.95. The number of aromatic nitrogens is 1. The minimum atomic E-state index is -1.52. The summed E-state index contributed by atoms with van der Waals surface area (Å²) < 4.78 is 0. The van der Waals surface area contributed by atoms with Crippen molar-refractivity contribution >= 4 is 27.2 Å². The van der Waals surface area contributed by atoms with Crippen LogP contribution in [0.1, 0.15) is 16.9 Å². The summed E-state index contributed by atoms with van der Waals surface area (Å²) in [6.07, 6.45) is -1.52. The maximum Gasteiger partial charge on any atom is 0.190 e. The highest BCUT2D eigenvalue weighted by molar-refractivity contribution is 7.19. The zero-order valence-corrected chi connectivity index (χ0v) is 8.38. The van der Waals surface area contributed by atoms with Gasteiger partial charge in [0.15, 0.2) is 6.29 Å². The second kappa shape index (κ2) is 3.20. The largest absolute Gasteiger partial charge is 0.397 e. The Morgan fingerprint density at radius 3 is 2.79 bits per heavy atom. The van der Waals surface area contributed by atoms with Crippen molar-refractivity contribution in [2.75, 3.05) is 5.73 Å². The van der Waals surface area contributed by atoms with Crippen molar-refractivity contribution in [3.05, 3.63) is 22.7 Å². The third-order valence-electron chi connectivity index (χ3n) is 2.00. The Hall–Kier alpha value is -1.17. The highest BCUT2D eigenvalue weighted by Crippen LogP contribution is 2.35. The van der Waals surface area contributed by atoms with Crippen molar-refractivity contribution in [2.45, 2.75) is 13.2 Å². The van der Waals surface area contributed by atoms with Crippen LogP contribution in [0.5, 0.6) is 0 Å². The molecule has 0 bridgehead atoms. The van der Waals surface area contributed by atoms with E-state index in [-0.39, 0.29) is 0 Å². The number of fused-ring (bicyclic) bond motifs is 1. The molecular formula is C9H10N2O2S. The van der Waals surface area contributed by atoms with Gasteiger partial charge in [-0.25, -0.2) is 4.98 Å². The van der Waals surface area contributed by atoms with Crippen molar-refractivity contribution in [1.82, 2.24) is 4.98 Å². The van der Waals surface area contributed by atoms with Crippen molar-refractivity contribution in [2.24, 2.45) is 0 Å². The molecule has 0 fully saturated rings. The lowest BCUT2D eigenvalue weighted by Gasteiger charge is -1.99. The summed E-state index contributed by atoms with van der Waals surface area (Å²) in [4.78, 5) is 5.36. The van der Waals surface area contributed by atoms with Gasteiger partial charge in [-0.2, -0.15) is 0 Å². The van der Waals surface area contributed by atoms with Crippen molar-refractivity contribution in [3.8, 4) is 0 Å². The average molecular weight is 210 g/mol. The highest BCUT2D eigenvalue weighted by atomic mass is 32.1. The van der Waals surface area contributed by atoms with E-state index in [2.05, 4.69) is 4.98 Å². The molecule has 0 atom stereocenters. The summed E-state index contributed by atoms with van der Waals surface area (Å²) in [5, 5.41) is 18.8. The number of pyridine rings is 1. The quantitative estimate of drug-likeness (QED) is 0.617. The molecule has 0 amide bonds. The molecule has 5 heteroatoms. The molecule has 0 saturated heterocycles. The maximum absolute atomic E-state index is 9.03. The molecule has 0 aliphatic carbocycles. The normalized spacial score (nSPS) is 11.4. The molecule has 0 unspecified atom stereocenters. The third kappa shape index (κ3) is 1.35. The minimum absolute atomic E-state index is 0.359. The topological polar surface area (TPSA) is 79.4 Å². The van der Waals surface area contributed by atoms with Crippen LogP contribution in [0.4, 0.5) is 5.69 Å². The predicted octanol–water partition coefficient (Wildman–Crippen LogP) is 1.17. The van der Waals surface area contributed by atoms with E-state index in [0.717, 1.165) is 15.9 Å². The van der Waals surface area contributed by atoms with Gasteiger partial charge in [-0.15, -0.1) is 11.3 Å². The van der Waals surface area contributed by atoms with E-state index >= 15 is 0 Å². The zero-order valence-electron chi connectivity index (χ0n) is 7.56. The van der Waals surface area contributed by atoms with Crippen LogP contribution in [0.2, 0.25) is 0 Å². The fourth-order valence-electron chi connectivity index (χ4n) is 1.30. The number of hydrogen-bond acceptors (Lipinski definition) is 5. The Kier molecular flexibility index (Phi) is 2.14. The molecule has 2 heterocycles. The van der Waals surface area contributed by atoms with E-state index in [1.807, 2.05) is 19.1 Å². The van der Waals surface area contributed by atoms with Gasteiger partial charge in [0.1, 0.15) is 4.83 Å². The Labute approximate surface area is 84.6 Å². The SMILES string of the molecule is Cc1ccc2c(N)c(C(O)O)sc2n1. The van der Waals surface area contributed by atoms with E-state index < -0.39 is 6.29 Å². The molecule has 0 aliphatic heterocycles. The number of aliphatic hydroxyl groups is 2. The van der Waals surface area contributed by atoms with E-state index in [1.165, 1.54) is 11.3 Å². The molecule has 0 radical (unpaired) electrons. The Balaban J connectivity index is 2.73. The molecule has 2 aromatic heterocycles. The van der Waals surface area contributed by atoms with E-state index in [4.69, 9.17) is 15.9 Å². The summed E-state index contributed by atoms with van der Waals surface area (Å²) in [5.41, 5.74) is 7.04. The Morgan fingerprint density at radius 1 is 1.43 bits per heavy atom. The van der Waals surface area contributed by atoms with Gasteiger partial charge in [0, 0.05) is 11.1 Å². The van der Waals surface area contributed by atoms with Gasteiger partial charge in [-0.05, 0) is 19.1 Å². The van der Waals surface area contributed by atoms with Crippen LogP contribution in [0.15, 0.2) is 12.1 Å². The van der Waals surface area contributed by atoms with Gasteiger partial charge in [0.05, 0.1) is 10.6 Å². The summed E-state index contributed by atoms with van der Waals surface area (Å²) in [6, 6.07) is 3.69. The summed E-state index contributed by atoms with van der Waals surface area (Å²) in [6.45, 7) is 1.88. The molecule has 4 N–H and O–H groups in total. The van der Waals surface area contributed by atoms with E-state index in [1.54, 1.807) is 0 Å². The minimum Gasteiger partial charge on any atom is -0.397 e. The second-order valence-electron chi connectivity index (χ2n) is 3.06. The molecule has 0 saturated carbocycles. The van der Waals surface area contributed by atoms with Gasteiger partial charge in [-0.3, -0.25) is 0 Å². The molecule has 0 spiro atoms. The standard InChI is InChI=1S/C9H10N2O2S/c1-4-2-3-5-6(10)7(9(12)13)14-8(5)11-4/h2-3,9,12-13H,10H2,1H3. The van der Waals surface area contributed by atoms with E-state index in [0.29, 0.717) is 10.6 Å². The molecule has 2 rings (SSSR count). The molecule has 2 aromatic rings. The first-order valence-electron chi connectivity index (χ1n) is 4.11. The average Bonchev–Trinajstić information content (AvgIpc) is 2.43. The van der Waals surface area contributed by atoms with Gasteiger partial charge < -0.3 is 15.9 Å². The molecule has 0 aliphatic rings. The predicted molar refractivity (Wildman–Crippen MR) is 55.9 cm³/mol. The number of aryl methyl sites for hydroxylation is 1. The number of anilines is 1. The zero-order chi connectivity index (χ0) is 10.3. The van der Waals surface area contributed by atoms with Crippen LogP contribution < -0.4 is 5.73 Å². The van der Waals surface area contributed by atoms with Crippen LogP contribution in [0, 0.1) is 6.92 Å². The van der Waals surface area contributed by atoms with Crippen molar-refractivity contribution < 1.29 is 10.2 Å². The highest BCUT2D eigenvalue weighted by Gasteiger charge is 2.15. The molecule has 4 nitrogen and oxygen atoms in total. The third-order valence-corrected chi connectivity index (χ3v) is 3.15. The van der Waals surface area contributed by atoms with Gasteiger partial charge in [0.2, 0.25) is 0 Å². The lowest BCUT2D eigenvalue weighted by atomic mass is 10.2. The summed E-state index contributed by atoms with van der Waals surface area (Å²) >= 11 is 1.21. The van der Waals surface area contributed by atoms with Gasteiger partial charge in [0.25, 0.3) is 0 Å². The number of aliphatic hydroxyl groups excluding tert-OH is 1. The smallest absolute Gasteiger partial charge is 0.190 e. The van der Waals surface area contributed by atoms with Crippen molar-refractivity contribution in [3.63, 3.8) is 0 Å². The molecule has 74 valence electrons. The van der Waals surface area contributed by atoms with Crippen LogP contribution in [0.3, 0.4) is 0 Å². The number of nitrogen functional groups attached to an aromatic ring is 1.